The van der Waals surface area contributed by atoms with Crippen molar-refractivity contribution in [2.24, 2.45) is 5.92 Å². The molecule has 0 spiro atoms. The van der Waals surface area contributed by atoms with Crippen LogP contribution in [-0.2, 0) is 14.4 Å². The van der Waals surface area contributed by atoms with Gasteiger partial charge in [0.1, 0.15) is 12.1 Å². The van der Waals surface area contributed by atoms with Gasteiger partial charge < -0.3 is 10.1 Å². The van der Waals surface area contributed by atoms with Gasteiger partial charge in [-0.25, -0.2) is 0 Å². The van der Waals surface area contributed by atoms with E-state index in [2.05, 4.69) is 5.32 Å². The minimum absolute atomic E-state index is 0.0732. The van der Waals surface area contributed by atoms with Crippen LogP contribution in [0.5, 0.6) is 0 Å². The minimum Gasteiger partial charge on any atom is -0.349 e. The van der Waals surface area contributed by atoms with Crippen LogP contribution in [0.1, 0.15) is 39.5 Å². The molecule has 0 heterocycles. The van der Waals surface area contributed by atoms with Crippen LogP contribution in [0.4, 0.5) is 0 Å². The summed E-state index contributed by atoms with van der Waals surface area (Å²) < 4.78 is 0. The second-order valence-electron chi connectivity index (χ2n) is 3.80. The van der Waals surface area contributed by atoms with Crippen molar-refractivity contribution in [1.82, 2.24) is 5.32 Å². The van der Waals surface area contributed by atoms with Gasteiger partial charge in [0.25, 0.3) is 0 Å². The van der Waals surface area contributed by atoms with E-state index in [4.69, 9.17) is 0 Å². The Balaban J connectivity index is 3.42. The molecule has 1 amide bonds. The van der Waals surface area contributed by atoms with Crippen molar-refractivity contribution in [3.63, 3.8) is 0 Å². The lowest BCUT2D eigenvalue weighted by atomic mass is 10.0. The van der Waals surface area contributed by atoms with Crippen molar-refractivity contribution in [2.45, 2.75) is 39.5 Å². The molecule has 4 heteroatoms. The Hall–Kier alpha value is -1.19. The fourth-order valence-corrected chi connectivity index (χ4v) is 1.12. The Morgan fingerprint density at radius 2 is 1.80 bits per heavy atom. The number of hydrogen-bond acceptors (Lipinski definition) is 3. The summed E-state index contributed by atoms with van der Waals surface area (Å²) in [5, 5.41) is 2.45. The summed E-state index contributed by atoms with van der Waals surface area (Å²) >= 11 is 0. The maximum atomic E-state index is 11.2. The van der Waals surface area contributed by atoms with Crippen LogP contribution in [0.2, 0.25) is 0 Å². The molecule has 0 aliphatic heterocycles. The van der Waals surface area contributed by atoms with E-state index in [9.17, 15) is 14.4 Å². The number of aldehydes is 1. The van der Waals surface area contributed by atoms with Crippen LogP contribution in [0, 0.1) is 5.92 Å². The van der Waals surface area contributed by atoms with Gasteiger partial charge in [-0.2, -0.15) is 0 Å². The van der Waals surface area contributed by atoms with Gasteiger partial charge >= 0.3 is 0 Å². The number of hydrogen-bond donors (Lipinski definition) is 1. The van der Waals surface area contributed by atoms with Crippen LogP contribution >= 0.6 is 0 Å². The third kappa shape index (κ3) is 7.85. The summed E-state index contributed by atoms with van der Waals surface area (Å²) in [4.78, 5) is 32.2. The molecule has 0 saturated carbocycles. The molecule has 0 saturated heterocycles. The molecular formula is C11H19NO3. The third-order valence-electron chi connectivity index (χ3n) is 2.10. The third-order valence-corrected chi connectivity index (χ3v) is 2.10. The second-order valence-corrected chi connectivity index (χ2v) is 3.80. The number of carbonyl (C=O) groups excluding carboxylic acids is 3. The summed E-state index contributed by atoms with van der Waals surface area (Å²) in [5.74, 6) is 0.191. The first-order valence-corrected chi connectivity index (χ1v) is 5.31. The first kappa shape index (κ1) is 13.8. The standard InChI is InChI=1S/C11H19NO3/c1-9(2)10(14)5-3-4-6-11(15)12-7-8-13/h8-9H,3-7H2,1-2H3,(H,12,15). The largest absolute Gasteiger partial charge is 0.349 e. The van der Waals surface area contributed by atoms with Gasteiger partial charge in [0, 0.05) is 18.8 Å². The Morgan fingerprint density at radius 1 is 1.20 bits per heavy atom. The molecule has 0 aliphatic carbocycles. The molecular weight excluding hydrogens is 194 g/mol. The minimum atomic E-state index is -0.126. The van der Waals surface area contributed by atoms with Crippen molar-refractivity contribution in [2.75, 3.05) is 6.54 Å². The number of unbranched alkanes of at least 4 members (excludes halogenated alkanes) is 1. The van der Waals surface area contributed by atoms with E-state index in [1.54, 1.807) is 0 Å². The lowest BCUT2D eigenvalue weighted by Crippen LogP contribution is -2.24. The van der Waals surface area contributed by atoms with Gasteiger partial charge in [-0.3, -0.25) is 9.59 Å². The fourth-order valence-electron chi connectivity index (χ4n) is 1.12. The molecule has 0 atom stereocenters. The molecule has 15 heavy (non-hydrogen) atoms. The van der Waals surface area contributed by atoms with Gasteiger partial charge in [0.05, 0.1) is 6.54 Å². The van der Waals surface area contributed by atoms with Crippen molar-refractivity contribution in [3.05, 3.63) is 0 Å². The zero-order valence-electron chi connectivity index (χ0n) is 9.41. The Morgan fingerprint density at radius 3 is 2.33 bits per heavy atom. The summed E-state index contributed by atoms with van der Waals surface area (Å²) in [6.45, 7) is 3.82. The van der Waals surface area contributed by atoms with Gasteiger partial charge in [-0.15, -0.1) is 0 Å². The summed E-state index contributed by atoms with van der Waals surface area (Å²) in [7, 11) is 0. The Bertz CT molecular complexity index is 224. The number of Topliss-reactive ketones (excluding diaryl/α,β-unsaturated/α-hetero) is 1. The molecule has 0 unspecified atom stereocenters. The molecule has 1 N–H and O–H groups in total. The van der Waals surface area contributed by atoms with Crippen LogP contribution in [0.25, 0.3) is 0 Å². The molecule has 0 bridgehead atoms. The first-order chi connectivity index (χ1) is 7.07. The summed E-state index contributed by atoms with van der Waals surface area (Å²) in [6.07, 6.45) is 3.02. The molecule has 0 radical (unpaired) electrons. The van der Waals surface area contributed by atoms with Crippen molar-refractivity contribution < 1.29 is 14.4 Å². The van der Waals surface area contributed by atoms with Crippen LogP contribution < -0.4 is 5.32 Å². The molecule has 86 valence electrons. The van der Waals surface area contributed by atoms with E-state index in [-0.39, 0.29) is 24.2 Å². The van der Waals surface area contributed by atoms with E-state index >= 15 is 0 Å². The number of carbonyl (C=O) groups is 3. The van der Waals surface area contributed by atoms with Crippen LogP contribution in [0.3, 0.4) is 0 Å². The highest BCUT2D eigenvalue weighted by molar-refractivity contribution is 5.80. The first-order valence-electron chi connectivity index (χ1n) is 5.31. The lowest BCUT2D eigenvalue weighted by Gasteiger charge is -2.03. The summed E-state index contributed by atoms with van der Waals surface area (Å²) in [5.41, 5.74) is 0. The van der Waals surface area contributed by atoms with Gasteiger partial charge in [-0.1, -0.05) is 13.8 Å². The predicted molar refractivity (Wildman–Crippen MR) is 57.4 cm³/mol. The molecule has 0 rings (SSSR count). The molecule has 0 fully saturated rings. The monoisotopic (exact) mass is 213 g/mol. The maximum Gasteiger partial charge on any atom is 0.220 e. The fraction of sp³-hybridized carbons (Fsp3) is 0.727. The molecule has 0 aliphatic rings. The van der Waals surface area contributed by atoms with E-state index in [0.717, 1.165) is 6.42 Å². The zero-order chi connectivity index (χ0) is 11.7. The van der Waals surface area contributed by atoms with E-state index in [0.29, 0.717) is 25.5 Å². The van der Waals surface area contributed by atoms with Gasteiger partial charge in [0.15, 0.2) is 0 Å². The Labute approximate surface area is 90.4 Å². The number of rotatable bonds is 8. The normalized spacial score (nSPS) is 10.1. The molecule has 0 aromatic carbocycles. The van der Waals surface area contributed by atoms with E-state index in [1.165, 1.54) is 0 Å². The quantitative estimate of drug-likeness (QED) is 0.485. The van der Waals surface area contributed by atoms with Crippen LogP contribution in [0.15, 0.2) is 0 Å². The Kier molecular flexibility index (Phi) is 7.50. The van der Waals surface area contributed by atoms with E-state index < -0.39 is 0 Å². The highest BCUT2D eigenvalue weighted by Crippen LogP contribution is 2.05. The highest BCUT2D eigenvalue weighted by Gasteiger charge is 2.07. The second kappa shape index (κ2) is 8.15. The van der Waals surface area contributed by atoms with E-state index in [1.807, 2.05) is 13.8 Å². The average molecular weight is 213 g/mol. The van der Waals surface area contributed by atoms with Gasteiger partial charge in [-0.05, 0) is 12.8 Å². The summed E-state index contributed by atoms with van der Waals surface area (Å²) in [6, 6.07) is 0. The topological polar surface area (TPSA) is 63.2 Å². The zero-order valence-corrected chi connectivity index (χ0v) is 9.41. The average Bonchev–Trinajstić information content (AvgIpc) is 2.20. The SMILES string of the molecule is CC(C)C(=O)CCCCC(=O)NCC=O. The van der Waals surface area contributed by atoms with Gasteiger partial charge in [0.2, 0.25) is 5.91 Å². The number of amides is 1. The van der Waals surface area contributed by atoms with Crippen molar-refractivity contribution >= 4 is 18.0 Å². The van der Waals surface area contributed by atoms with Crippen molar-refractivity contribution in [3.8, 4) is 0 Å². The number of ketones is 1. The predicted octanol–water partition coefficient (Wildman–Crippen LogP) is 1.09. The molecule has 0 aromatic heterocycles. The lowest BCUT2D eigenvalue weighted by molar-refractivity contribution is -0.123. The maximum absolute atomic E-state index is 11.2. The van der Waals surface area contributed by atoms with Crippen molar-refractivity contribution in [1.29, 1.82) is 0 Å². The number of nitrogens with one attached hydrogen (secondary N) is 1. The molecule has 0 aromatic rings. The smallest absolute Gasteiger partial charge is 0.220 e. The molecule has 4 nitrogen and oxygen atoms in total. The van der Waals surface area contributed by atoms with Crippen LogP contribution in [-0.4, -0.2) is 24.5 Å². The highest BCUT2D eigenvalue weighted by atomic mass is 16.2.